The number of aryl methyl sites for hydroxylation is 1. The molecule has 0 atom stereocenters. The topological polar surface area (TPSA) is 71.5 Å². The summed E-state index contributed by atoms with van der Waals surface area (Å²) in [6.45, 7) is 9.43. The zero-order chi connectivity index (χ0) is 14.8. The Bertz CT molecular complexity index is 473. The molecule has 0 spiro atoms. The van der Waals surface area contributed by atoms with Gasteiger partial charge in [0.1, 0.15) is 5.76 Å². The van der Waals surface area contributed by atoms with Crippen molar-refractivity contribution in [1.82, 2.24) is 10.3 Å². The van der Waals surface area contributed by atoms with Gasteiger partial charge in [0, 0.05) is 5.56 Å². The van der Waals surface area contributed by atoms with Crippen molar-refractivity contribution >= 4 is 5.91 Å². The third-order valence-corrected chi connectivity index (χ3v) is 4.60. The number of nitrogen functional groups attached to an aromatic ring is 1. The van der Waals surface area contributed by atoms with Crippen molar-refractivity contribution in [2.75, 3.05) is 13.1 Å². The van der Waals surface area contributed by atoms with E-state index in [9.17, 15) is 4.79 Å². The Morgan fingerprint density at radius 3 is 2.70 bits per heavy atom. The molecule has 1 saturated heterocycles. The molecule has 1 aliphatic heterocycles. The number of furan rings is 1. The number of carbonyl (C=O) groups excluding carboxylic acids is 1. The number of rotatable bonds is 4. The molecule has 1 amide bonds. The number of nitrogens with one attached hydrogen (secondary N) is 1. The highest BCUT2D eigenvalue weighted by atomic mass is 16.4. The molecule has 20 heavy (non-hydrogen) atoms. The number of carbonyl (C=O) groups is 1. The molecule has 2 rings (SSSR count). The van der Waals surface area contributed by atoms with Crippen LogP contribution < -0.4 is 11.3 Å². The first-order valence-corrected chi connectivity index (χ1v) is 7.30. The van der Waals surface area contributed by atoms with Gasteiger partial charge >= 0.3 is 5.91 Å². The van der Waals surface area contributed by atoms with Gasteiger partial charge < -0.3 is 4.42 Å². The predicted molar refractivity (Wildman–Crippen MR) is 78.0 cm³/mol. The van der Waals surface area contributed by atoms with Crippen molar-refractivity contribution in [2.45, 2.75) is 46.6 Å². The average molecular weight is 279 g/mol. The highest BCUT2D eigenvalue weighted by Crippen LogP contribution is 2.34. The maximum atomic E-state index is 11.5. The van der Waals surface area contributed by atoms with Crippen LogP contribution in [0.1, 0.15) is 55.0 Å². The summed E-state index contributed by atoms with van der Waals surface area (Å²) in [5, 5.41) is 0. The molecule has 112 valence electrons. The standard InChI is InChI=1S/C15H25N3O2/c1-4-15(3)5-7-18(8-6-15)10-12-9-11(2)13(20-12)14(19)17-16/h9H,4-8,10,16H2,1-3H3,(H,17,19). The molecule has 0 aromatic carbocycles. The van der Waals surface area contributed by atoms with Crippen LogP contribution in [0.3, 0.4) is 0 Å². The van der Waals surface area contributed by atoms with Gasteiger partial charge in [-0.05, 0) is 44.3 Å². The minimum Gasteiger partial charge on any atom is -0.454 e. The van der Waals surface area contributed by atoms with Crippen LogP contribution in [0.15, 0.2) is 10.5 Å². The maximum absolute atomic E-state index is 11.5. The number of nitrogens with zero attached hydrogens (tertiary/aromatic N) is 1. The Balaban J connectivity index is 1.97. The Morgan fingerprint density at radius 1 is 1.50 bits per heavy atom. The summed E-state index contributed by atoms with van der Waals surface area (Å²) in [5.74, 6) is 5.92. The van der Waals surface area contributed by atoms with Crippen LogP contribution in [0.25, 0.3) is 0 Å². The molecule has 0 unspecified atom stereocenters. The minimum atomic E-state index is -0.369. The second kappa shape index (κ2) is 5.97. The van der Waals surface area contributed by atoms with E-state index in [4.69, 9.17) is 10.3 Å². The lowest BCUT2D eigenvalue weighted by Gasteiger charge is -2.38. The van der Waals surface area contributed by atoms with Gasteiger partial charge in [-0.25, -0.2) is 5.84 Å². The van der Waals surface area contributed by atoms with Crippen LogP contribution >= 0.6 is 0 Å². The molecule has 1 aromatic rings. The van der Waals surface area contributed by atoms with Crippen LogP contribution in [0.2, 0.25) is 0 Å². The highest BCUT2D eigenvalue weighted by molar-refractivity contribution is 5.92. The van der Waals surface area contributed by atoms with Crippen molar-refractivity contribution in [3.63, 3.8) is 0 Å². The van der Waals surface area contributed by atoms with E-state index in [1.165, 1.54) is 19.3 Å². The van der Waals surface area contributed by atoms with E-state index in [2.05, 4.69) is 24.2 Å². The molecular formula is C15H25N3O2. The lowest BCUT2D eigenvalue weighted by molar-refractivity contribution is 0.0908. The van der Waals surface area contributed by atoms with Crippen molar-refractivity contribution < 1.29 is 9.21 Å². The SMILES string of the molecule is CCC1(C)CCN(Cc2cc(C)c(C(=O)NN)o2)CC1. The summed E-state index contributed by atoms with van der Waals surface area (Å²) < 4.78 is 5.61. The molecule has 0 saturated carbocycles. The zero-order valence-electron chi connectivity index (χ0n) is 12.7. The van der Waals surface area contributed by atoms with E-state index in [1.54, 1.807) is 0 Å². The lowest BCUT2D eigenvalue weighted by Crippen LogP contribution is -2.37. The van der Waals surface area contributed by atoms with E-state index in [0.29, 0.717) is 11.2 Å². The Morgan fingerprint density at radius 2 is 2.15 bits per heavy atom. The van der Waals surface area contributed by atoms with Crippen molar-refractivity contribution in [3.8, 4) is 0 Å². The molecule has 5 nitrogen and oxygen atoms in total. The molecule has 0 bridgehead atoms. The van der Waals surface area contributed by atoms with E-state index in [-0.39, 0.29) is 5.91 Å². The Kier molecular flexibility index (Phi) is 4.50. The first-order valence-electron chi connectivity index (χ1n) is 7.30. The maximum Gasteiger partial charge on any atom is 0.301 e. The molecule has 3 N–H and O–H groups in total. The molecule has 5 heteroatoms. The molecule has 1 aromatic heterocycles. The van der Waals surface area contributed by atoms with E-state index in [1.807, 2.05) is 13.0 Å². The van der Waals surface area contributed by atoms with Crippen molar-refractivity contribution in [3.05, 3.63) is 23.2 Å². The fourth-order valence-corrected chi connectivity index (χ4v) is 2.74. The van der Waals surface area contributed by atoms with Gasteiger partial charge in [0.25, 0.3) is 0 Å². The number of nitrogens with two attached hydrogens (primary N) is 1. The van der Waals surface area contributed by atoms with Crippen LogP contribution in [0.5, 0.6) is 0 Å². The fourth-order valence-electron chi connectivity index (χ4n) is 2.74. The average Bonchev–Trinajstić information content (AvgIpc) is 2.81. The predicted octanol–water partition coefficient (Wildman–Crippen LogP) is 2.20. The zero-order valence-corrected chi connectivity index (χ0v) is 12.7. The van der Waals surface area contributed by atoms with Crippen molar-refractivity contribution in [1.29, 1.82) is 0 Å². The summed E-state index contributed by atoms with van der Waals surface area (Å²) in [6.07, 6.45) is 3.68. The van der Waals surface area contributed by atoms with Crippen molar-refractivity contribution in [2.24, 2.45) is 11.3 Å². The summed E-state index contributed by atoms with van der Waals surface area (Å²) in [7, 11) is 0. The number of piperidine rings is 1. The molecule has 0 aliphatic carbocycles. The first-order chi connectivity index (χ1) is 9.47. The molecule has 1 aliphatic rings. The quantitative estimate of drug-likeness (QED) is 0.503. The third kappa shape index (κ3) is 3.22. The normalized spacial score (nSPS) is 19.0. The Labute approximate surface area is 120 Å². The molecule has 2 heterocycles. The van der Waals surface area contributed by atoms with Gasteiger partial charge in [-0.1, -0.05) is 20.3 Å². The summed E-state index contributed by atoms with van der Waals surface area (Å²) in [5.41, 5.74) is 3.43. The summed E-state index contributed by atoms with van der Waals surface area (Å²) in [6, 6.07) is 1.93. The number of amides is 1. The number of hydrogen-bond acceptors (Lipinski definition) is 4. The number of hydrogen-bond donors (Lipinski definition) is 2. The molecule has 0 radical (unpaired) electrons. The van der Waals surface area contributed by atoms with Crippen LogP contribution in [-0.4, -0.2) is 23.9 Å². The fraction of sp³-hybridized carbons (Fsp3) is 0.667. The first kappa shape index (κ1) is 15.1. The molecule has 1 fully saturated rings. The monoisotopic (exact) mass is 279 g/mol. The highest BCUT2D eigenvalue weighted by Gasteiger charge is 2.28. The van der Waals surface area contributed by atoms with Crippen LogP contribution in [-0.2, 0) is 6.54 Å². The van der Waals surface area contributed by atoms with E-state index < -0.39 is 0 Å². The summed E-state index contributed by atoms with van der Waals surface area (Å²) >= 11 is 0. The minimum absolute atomic E-state index is 0.318. The smallest absolute Gasteiger partial charge is 0.301 e. The van der Waals surface area contributed by atoms with E-state index >= 15 is 0 Å². The number of hydrazine groups is 1. The summed E-state index contributed by atoms with van der Waals surface area (Å²) in [4.78, 5) is 13.9. The van der Waals surface area contributed by atoms with Crippen LogP contribution in [0.4, 0.5) is 0 Å². The van der Waals surface area contributed by atoms with Gasteiger partial charge in [0.05, 0.1) is 6.54 Å². The Hall–Kier alpha value is -1.33. The van der Waals surface area contributed by atoms with Gasteiger partial charge in [-0.2, -0.15) is 0 Å². The van der Waals surface area contributed by atoms with E-state index in [0.717, 1.165) is 31.0 Å². The van der Waals surface area contributed by atoms with Gasteiger partial charge in [-0.15, -0.1) is 0 Å². The number of likely N-dealkylation sites (tertiary alicyclic amines) is 1. The van der Waals surface area contributed by atoms with Gasteiger partial charge in [0.2, 0.25) is 0 Å². The lowest BCUT2D eigenvalue weighted by atomic mass is 9.78. The second-order valence-corrected chi connectivity index (χ2v) is 6.14. The molecular weight excluding hydrogens is 254 g/mol. The van der Waals surface area contributed by atoms with Crippen LogP contribution in [0, 0.1) is 12.3 Å². The largest absolute Gasteiger partial charge is 0.454 e. The third-order valence-electron chi connectivity index (χ3n) is 4.60. The van der Waals surface area contributed by atoms with Gasteiger partial charge in [-0.3, -0.25) is 15.1 Å². The second-order valence-electron chi connectivity index (χ2n) is 6.14. The van der Waals surface area contributed by atoms with Gasteiger partial charge in [0.15, 0.2) is 5.76 Å².